The summed E-state index contributed by atoms with van der Waals surface area (Å²) in [7, 11) is 0. The van der Waals surface area contributed by atoms with Crippen LogP contribution in [0.3, 0.4) is 0 Å². The van der Waals surface area contributed by atoms with Gasteiger partial charge in [0.2, 0.25) is 0 Å². The molecule has 0 amide bonds. The van der Waals surface area contributed by atoms with Gasteiger partial charge in [0.25, 0.3) is 0 Å². The number of aromatic nitrogens is 4. The van der Waals surface area contributed by atoms with E-state index in [0.29, 0.717) is 24.2 Å². The Hall–Kier alpha value is -4.50. The molecule has 0 atom stereocenters. The number of H-pyrrole nitrogens is 2. The highest BCUT2D eigenvalue weighted by atomic mass is 79.9. The first kappa shape index (κ1) is 30.0. The average molecular weight is 642 g/mol. The van der Waals surface area contributed by atoms with Crippen molar-refractivity contribution in [2.75, 3.05) is 0 Å². The highest BCUT2D eigenvalue weighted by molar-refractivity contribution is 9.11. The van der Waals surface area contributed by atoms with Gasteiger partial charge in [-0.05, 0) is 109 Å². The molecule has 9 heteroatoms. The molecule has 220 valence electrons. The van der Waals surface area contributed by atoms with E-state index in [-0.39, 0.29) is 12.8 Å². The molecular formula is C34H33BrN4O4. The number of carboxylic acid groups (broad SMARTS) is 2. The molecule has 5 heterocycles. The van der Waals surface area contributed by atoms with Crippen LogP contribution in [-0.2, 0) is 9.59 Å². The van der Waals surface area contributed by atoms with E-state index < -0.39 is 11.9 Å². The summed E-state index contributed by atoms with van der Waals surface area (Å²) >= 11 is 3.43. The number of nitrogens with zero attached hydrogens (tertiary/aromatic N) is 2. The van der Waals surface area contributed by atoms with E-state index in [1.165, 1.54) is 0 Å². The van der Waals surface area contributed by atoms with Crippen molar-refractivity contribution in [1.29, 1.82) is 0 Å². The zero-order valence-electron chi connectivity index (χ0n) is 24.6. The number of halogens is 1. The predicted octanol–water partition coefficient (Wildman–Crippen LogP) is 8.53. The Morgan fingerprint density at radius 1 is 0.744 bits per heavy atom. The first-order valence-electron chi connectivity index (χ1n) is 14.0. The number of carboxylic acids is 2. The van der Waals surface area contributed by atoms with E-state index in [1.54, 1.807) is 0 Å². The first-order valence-corrected chi connectivity index (χ1v) is 14.9. The van der Waals surface area contributed by atoms with Gasteiger partial charge in [-0.3, -0.25) is 9.59 Å². The zero-order valence-corrected chi connectivity index (χ0v) is 26.1. The van der Waals surface area contributed by atoms with Gasteiger partial charge in [-0.2, -0.15) is 0 Å². The van der Waals surface area contributed by atoms with Crippen LogP contribution >= 0.6 is 15.9 Å². The second-order valence-corrected chi connectivity index (χ2v) is 11.3. The topological polar surface area (TPSA) is 132 Å². The smallest absolute Gasteiger partial charge is 0.303 e. The Kier molecular flexibility index (Phi) is 8.37. The van der Waals surface area contributed by atoms with Crippen molar-refractivity contribution in [1.82, 2.24) is 19.9 Å². The molecule has 2 aliphatic heterocycles. The molecule has 0 saturated carbocycles. The number of hydrogen-bond donors (Lipinski definition) is 4. The summed E-state index contributed by atoms with van der Waals surface area (Å²) in [6, 6.07) is 7.92. The number of rotatable bonds is 8. The second kappa shape index (κ2) is 12.0. The number of fused-ring (bicyclic) bond motifs is 8. The monoisotopic (exact) mass is 640 g/mol. The summed E-state index contributed by atoms with van der Waals surface area (Å²) in [6.45, 7) is 12.1. The SMILES string of the molecule is C=Cc1c(C)c2cc3nc(cc4nc(cc5[nH]c(cc1[nH]2)c(C)c5/C=C/Br)C(C)=C4CCC(=O)O)C(CCC(=O)O)=C3C. The van der Waals surface area contributed by atoms with Gasteiger partial charge in [-0.1, -0.05) is 28.6 Å². The van der Waals surface area contributed by atoms with Crippen LogP contribution in [0.25, 0.3) is 56.5 Å². The van der Waals surface area contributed by atoms with Gasteiger partial charge in [0.1, 0.15) is 0 Å². The molecule has 0 spiro atoms. The minimum Gasteiger partial charge on any atom is -0.481 e. The van der Waals surface area contributed by atoms with Crippen LogP contribution in [0.15, 0.2) is 35.8 Å². The summed E-state index contributed by atoms with van der Waals surface area (Å²) in [5.41, 5.74) is 13.8. The van der Waals surface area contributed by atoms with Crippen LogP contribution in [0, 0.1) is 13.8 Å². The van der Waals surface area contributed by atoms with E-state index >= 15 is 0 Å². The zero-order chi connectivity index (χ0) is 31.0. The van der Waals surface area contributed by atoms with Gasteiger partial charge >= 0.3 is 11.9 Å². The lowest BCUT2D eigenvalue weighted by Gasteiger charge is -2.05. The maximum atomic E-state index is 11.6. The molecule has 8 nitrogen and oxygen atoms in total. The second-order valence-electron chi connectivity index (χ2n) is 10.8. The lowest BCUT2D eigenvalue weighted by atomic mass is 9.98. The van der Waals surface area contributed by atoms with Crippen molar-refractivity contribution in [3.05, 3.63) is 80.9 Å². The quantitative estimate of drug-likeness (QED) is 0.195. The van der Waals surface area contributed by atoms with Crippen molar-refractivity contribution in [2.24, 2.45) is 0 Å². The Bertz CT molecular complexity index is 1960. The number of hydrogen-bond acceptors (Lipinski definition) is 4. The Labute approximate surface area is 257 Å². The van der Waals surface area contributed by atoms with Crippen molar-refractivity contribution >= 4 is 84.4 Å². The predicted molar refractivity (Wildman–Crippen MR) is 177 cm³/mol. The summed E-state index contributed by atoms with van der Waals surface area (Å²) in [5, 5.41) is 18.9. The number of nitrogens with one attached hydrogen (secondary N) is 2. The van der Waals surface area contributed by atoms with Crippen LogP contribution in [0.2, 0.25) is 0 Å². The van der Waals surface area contributed by atoms with E-state index in [4.69, 9.17) is 9.97 Å². The number of allylic oxidation sites excluding steroid dienone is 4. The summed E-state index contributed by atoms with van der Waals surface area (Å²) in [6.07, 6.45) is 4.37. The molecule has 0 aliphatic carbocycles. The van der Waals surface area contributed by atoms with Gasteiger partial charge < -0.3 is 20.2 Å². The van der Waals surface area contributed by atoms with Crippen molar-refractivity contribution in [3.8, 4) is 0 Å². The van der Waals surface area contributed by atoms with Crippen molar-refractivity contribution in [3.63, 3.8) is 0 Å². The fraction of sp³-hybridized carbons (Fsp3) is 0.235. The molecule has 5 rings (SSSR count). The fourth-order valence-electron chi connectivity index (χ4n) is 5.78. The van der Waals surface area contributed by atoms with Crippen molar-refractivity contribution in [2.45, 2.75) is 53.4 Å². The number of aryl methyl sites for hydroxylation is 2. The van der Waals surface area contributed by atoms with Gasteiger partial charge in [0, 0.05) is 46.0 Å². The standard InChI is InChI=1S/C34H33BrN4O4/c1-6-21-17(2)25-13-26-18(3)22(7-9-33(40)41)31(37-26)16-32-23(8-10-34(42)43)19(4)28(39-32)15-30-24(11-12-35)20(5)27(38-30)14-29(21)36-25/h6,11-16,36,38H,1,7-10H2,2-5H3,(H,40,41)(H,42,43)/b12-11+,25-13?,26-13?,27-14?,28-15?,29-14?,30-15?,31-16?,32-16?. The third-order valence-corrected chi connectivity index (χ3v) is 8.51. The molecule has 0 unspecified atom stereocenters. The minimum absolute atomic E-state index is 0.0371. The van der Waals surface area contributed by atoms with Gasteiger partial charge in [0.05, 0.1) is 22.8 Å². The van der Waals surface area contributed by atoms with E-state index in [1.807, 2.05) is 56.1 Å². The van der Waals surface area contributed by atoms with Gasteiger partial charge in [-0.25, -0.2) is 9.97 Å². The molecule has 8 bridgehead atoms. The largest absolute Gasteiger partial charge is 0.481 e. The van der Waals surface area contributed by atoms with E-state index in [0.717, 1.165) is 78.0 Å². The van der Waals surface area contributed by atoms with Crippen LogP contribution in [0.4, 0.5) is 0 Å². The Morgan fingerprint density at radius 2 is 1.21 bits per heavy atom. The molecule has 0 radical (unpaired) electrons. The molecule has 3 aromatic heterocycles. The molecule has 3 aromatic rings. The number of carbonyl (C=O) groups is 2. The molecule has 43 heavy (non-hydrogen) atoms. The molecular weight excluding hydrogens is 608 g/mol. The lowest BCUT2D eigenvalue weighted by Crippen LogP contribution is -1.97. The highest BCUT2D eigenvalue weighted by Gasteiger charge is 2.22. The first-order chi connectivity index (χ1) is 20.5. The normalized spacial score (nSPS) is 13.3. The Balaban J connectivity index is 1.94. The summed E-state index contributed by atoms with van der Waals surface area (Å²) in [5.74, 6) is -1.78. The van der Waals surface area contributed by atoms with Crippen LogP contribution in [-0.4, -0.2) is 42.1 Å². The average Bonchev–Trinajstić information content (AvgIpc) is 3.61. The van der Waals surface area contributed by atoms with Gasteiger partial charge in [-0.15, -0.1) is 0 Å². The Morgan fingerprint density at radius 3 is 1.70 bits per heavy atom. The third kappa shape index (κ3) is 5.77. The lowest BCUT2D eigenvalue weighted by molar-refractivity contribution is -0.137. The maximum absolute atomic E-state index is 11.6. The third-order valence-electron chi connectivity index (χ3n) is 8.24. The van der Waals surface area contributed by atoms with Crippen LogP contribution < -0.4 is 0 Å². The highest BCUT2D eigenvalue weighted by Crippen LogP contribution is 2.38. The van der Waals surface area contributed by atoms with E-state index in [2.05, 4.69) is 45.5 Å². The molecule has 4 N–H and O–H groups in total. The number of aliphatic carboxylic acids is 2. The molecule has 0 aromatic carbocycles. The van der Waals surface area contributed by atoms with Gasteiger partial charge in [0.15, 0.2) is 0 Å². The maximum Gasteiger partial charge on any atom is 0.303 e. The van der Waals surface area contributed by atoms with E-state index in [9.17, 15) is 19.8 Å². The molecule has 0 fully saturated rings. The van der Waals surface area contributed by atoms with Crippen LogP contribution in [0.5, 0.6) is 0 Å². The fourth-order valence-corrected chi connectivity index (χ4v) is 6.05. The van der Waals surface area contributed by atoms with Crippen LogP contribution in [0.1, 0.15) is 84.6 Å². The molecule has 2 aliphatic rings. The minimum atomic E-state index is -0.888. The summed E-state index contributed by atoms with van der Waals surface area (Å²) < 4.78 is 0. The molecule has 0 saturated heterocycles. The summed E-state index contributed by atoms with van der Waals surface area (Å²) in [4.78, 5) is 42.0. The van der Waals surface area contributed by atoms with Crippen molar-refractivity contribution < 1.29 is 19.8 Å². The number of aromatic amines is 2.